The van der Waals surface area contributed by atoms with E-state index in [1.54, 1.807) is 63.2 Å². The molecule has 3 aromatic carbocycles. The molecule has 1 amide bonds. The first-order chi connectivity index (χ1) is 14.8. The van der Waals surface area contributed by atoms with E-state index in [-0.39, 0.29) is 11.5 Å². The van der Waals surface area contributed by atoms with Crippen molar-refractivity contribution >= 4 is 44.0 Å². The number of hydrogen-bond acceptors (Lipinski definition) is 5. The van der Waals surface area contributed by atoms with Crippen LogP contribution in [0.3, 0.4) is 0 Å². The van der Waals surface area contributed by atoms with Crippen molar-refractivity contribution in [2.75, 3.05) is 16.2 Å². The minimum Gasteiger partial charge on any atom is -0.462 e. The van der Waals surface area contributed by atoms with Crippen LogP contribution in [0.2, 0.25) is 0 Å². The van der Waals surface area contributed by atoms with Crippen molar-refractivity contribution in [3.8, 4) is 0 Å². The molecule has 1 aliphatic heterocycles. The first kappa shape index (κ1) is 20.9. The molecular formula is C23H22N2O5S. The van der Waals surface area contributed by atoms with Crippen LogP contribution in [0, 0.1) is 6.92 Å². The van der Waals surface area contributed by atoms with E-state index in [1.807, 2.05) is 12.1 Å². The maximum absolute atomic E-state index is 13.2. The largest absolute Gasteiger partial charge is 0.462 e. The van der Waals surface area contributed by atoms with Gasteiger partial charge in [0.05, 0.1) is 22.8 Å². The highest BCUT2D eigenvalue weighted by Crippen LogP contribution is 2.43. The summed E-state index contributed by atoms with van der Waals surface area (Å²) >= 11 is 0. The Labute approximate surface area is 180 Å². The predicted molar refractivity (Wildman–Crippen MR) is 119 cm³/mol. The SMILES string of the molecule is CCOC(=O)c1cccc(NC(=O)[C@@H](C)N2c3cccc4cccc(c34)S2(=O)=O)c1C. The highest BCUT2D eigenvalue weighted by molar-refractivity contribution is 7.93. The zero-order valence-corrected chi connectivity index (χ0v) is 18.2. The summed E-state index contributed by atoms with van der Waals surface area (Å²) in [5.41, 5.74) is 1.80. The maximum atomic E-state index is 13.2. The zero-order chi connectivity index (χ0) is 22.3. The fourth-order valence-electron chi connectivity index (χ4n) is 3.88. The molecule has 1 atom stereocenters. The Morgan fingerprint density at radius 1 is 1.06 bits per heavy atom. The number of ether oxygens (including phenoxy) is 1. The third kappa shape index (κ3) is 3.33. The number of rotatable bonds is 5. The van der Waals surface area contributed by atoms with Crippen LogP contribution in [0.15, 0.2) is 59.5 Å². The van der Waals surface area contributed by atoms with Gasteiger partial charge in [-0.2, -0.15) is 0 Å². The average Bonchev–Trinajstić information content (AvgIpc) is 2.97. The summed E-state index contributed by atoms with van der Waals surface area (Å²) in [5, 5.41) is 4.18. The van der Waals surface area contributed by atoms with E-state index in [9.17, 15) is 18.0 Å². The molecule has 31 heavy (non-hydrogen) atoms. The Morgan fingerprint density at radius 3 is 2.45 bits per heavy atom. The molecule has 1 aliphatic rings. The molecule has 3 aromatic rings. The van der Waals surface area contributed by atoms with Crippen LogP contribution in [0.25, 0.3) is 10.8 Å². The standard InChI is InChI=1S/C23H22N2O5S/c1-4-30-23(27)17-10-7-11-18(14(17)2)24-22(26)15(3)25-19-12-5-8-16-9-6-13-20(21(16)19)31(25,28)29/h5-13,15H,4H2,1-3H3,(H,24,26)/t15-/m1/s1. The number of nitrogens with zero attached hydrogens (tertiary/aromatic N) is 1. The Kier molecular flexibility index (Phi) is 5.18. The van der Waals surface area contributed by atoms with Gasteiger partial charge in [-0.3, -0.25) is 9.10 Å². The number of esters is 1. The fourth-order valence-corrected chi connectivity index (χ4v) is 5.75. The van der Waals surface area contributed by atoms with Crippen LogP contribution < -0.4 is 9.62 Å². The molecule has 0 saturated carbocycles. The van der Waals surface area contributed by atoms with E-state index in [0.717, 1.165) is 9.69 Å². The van der Waals surface area contributed by atoms with E-state index in [2.05, 4.69) is 5.32 Å². The molecule has 0 radical (unpaired) electrons. The Bertz CT molecular complexity index is 1310. The van der Waals surface area contributed by atoms with Crippen molar-refractivity contribution in [1.29, 1.82) is 0 Å². The molecule has 0 aliphatic carbocycles. The average molecular weight is 439 g/mol. The molecule has 160 valence electrons. The third-order valence-electron chi connectivity index (χ3n) is 5.44. The lowest BCUT2D eigenvalue weighted by Gasteiger charge is -2.25. The van der Waals surface area contributed by atoms with Gasteiger partial charge in [-0.15, -0.1) is 0 Å². The summed E-state index contributed by atoms with van der Waals surface area (Å²) in [7, 11) is -3.88. The lowest BCUT2D eigenvalue weighted by atomic mass is 10.1. The predicted octanol–water partition coefficient (Wildman–Crippen LogP) is 3.86. The van der Waals surface area contributed by atoms with Crippen LogP contribution in [-0.4, -0.2) is 32.9 Å². The van der Waals surface area contributed by atoms with Crippen LogP contribution >= 0.6 is 0 Å². The molecule has 1 heterocycles. The Morgan fingerprint density at radius 2 is 1.74 bits per heavy atom. The van der Waals surface area contributed by atoms with E-state index in [1.165, 1.54) is 0 Å². The molecule has 0 fully saturated rings. The molecule has 0 saturated heterocycles. The molecule has 0 bridgehead atoms. The van der Waals surface area contributed by atoms with Crippen molar-refractivity contribution < 1.29 is 22.7 Å². The van der Waals surface area contributed by atoms with Gasteiger partial charge >= 0.3 is 5.97 Å². The molecule has 4 rings (SSSR count). The molecule has 0 aromatic heterocycles. The quantitative estimate of drug-likeness (QED) is 0.611. The smallest absolute Gasteiger partial charge is 0.338 e. The minimum absolute atomic E-state index is 0.195. The Balaban J connectivity index is 1.67. The van der Waals surface area contributed by atoms with Crippen LogP contribution in [-0.2, 0) is 19.6 Å². The Hall–Kier alpha value is -3.39. The van der Waals surface area contributed by atoms with Gasteiger partial charge in [-0.25, -0.2) is 13.2 Å². The third-order valence-corrected chi connectivity index (χ3v) is 7.36. The highest BCUT2D eigenvalue weighted by Gasteiger charge is 2.40. The van der Waals surface area contributed by atoms with Gasteiger partial charge in [0.25, 0.3) is 10.0 Å². The number of amides is 1. The normalized spacial score (nSPS) is 15.0. The van der Waals surface area contributed by atoms with Crippen LogP contribution in [0.4, 0.5) is 11.4 Å². The first-order valence-corrected chi connectivity index (χ1v) is 11.3. The monoisotopic (exact) mass is 438 g/mol. The van der Waals surface area contributed by atoms with E-state index in [4.69, 9.17) is 4.74 Å². The number of carbonyl (C=O) groups is 2. The van der Waals surface area contributed by atoms with Gasteiger partial charge in [0, 0.05) is 11.1 Å². The van der Waals surface area contributed by atoms with Gasteiger partial charge in [0.1, 0.15) is 6.04 Å². The van der Waals surface area contributed by atoms with Crippen molar-refractivity contribution in [3.63, 3.8) is 0 Å². The topological polar surface area (TPSA) is 92.8 Å². The van der Waals surface area contributed by atoms with E-state index < -0.39 is 27.9 Å². The van der Waals surface area contributed by atoms with Gasteiger partial charge in [0.2, 0.25) is 5.91 Å². The van der Waals surface area contributed by atoms with Gasteiger partial charge in [0.15, 0.2) is 0 Å². The molecule has 0 unspecified atom stereocenters. The molecule has 8 heteroatoms. The number of hydrogen-bond donors (Lipinski definition) is 1. The number of anilines is 2. The van der Waals surface area contributed by atoms with Crippen molar-refractivity contribution in [2.24, 2.45) is 0 Å². The summed E-state index contributed by atoms with van der Waals surface area (Å²) in [4.78, 5) is 25.4. The maximum Gasteiger partial charge on any atom is 0.338 e. The van der Waals surface area contributed by atoms with Crippen molar-refractivity contribution in [2.45, 2.75) is 31.7 Å². The van der Waals surface area contributed by atoms with Crippen molar-refractivity contribution in [3.05, 3.63) is 65.7 Å². The van der Waals surface area contributed by atoms with Crippen LogP contribution in [0.5, 0.6) is 0 Å². The summed E-state index contributed by atoms with van der Waals surface area (Å²) in [5.74, 6) is -0.981. The first-order valence-electron chi connectivity index (χ1n) is 9.91. The molecular weight excluding hydrogens is 416 g/mol. The zero-order valence-electron chi connectivity index (χ0n) is 17.4. The van der Waals surface area contributed by atoms with E-state index in [0.29, 0.717) is 27.9 Å². The lowest BCUT2D eigenvalue weighted by Crippen LogP contribution is -2.44. The summed E-state index contributed by atoms with van der Waals surface area (Å²) < 4.78 is 32.7. The minimum atomic E-state index is -3.88. The number of carbonyl (C=O) groups excluding carboxylic acids is 2. The fraction of sp³-hybridized carbons (Fsp3) is 0.217. The lowest BCUT2D eigenvalue weighted by molar-refractivity contribution is -0.116. The van der Waals surface area contributed by atoms with Crippen molar-refractivity contribution in [1.82, 2.24) is 0 Å². The highest BCUT2D eigenvalue weighted by atomic mass is 32.2. The van der Waals surface area contributed by atoms with Gasteiger partial charge in [-0.05, 0) is 56.0 Å². The number of benzene rings is 3. The second-order valence-corrected chi connectivity index (χ2v) is 9.08. The molecule has 7 nitrogen and oxygen atoms in total. The molecule has 0 spiro atoms. The number of sulfonamides is 1. The summed E-state index contributed by atoms with van der Waals surface area (Å²) in [6.45, 7) is 5.21. The van der Waals surface area contributed by atoms with E-state index >= 15 is 0 Å². The second kappa shape index (κ2) is 7.70. The summed E-state index contributed by atoms with van der Waals surface area (Å²) in [6, 6.07) is 14.3. The van der Waals surface area contributed by atoms with Crippen LogP contribution in [0.1, 0.15) is 29.8 Å². The van der Waals surface area contributed by atoms with Gasteiger partial charge < -0.3 is 10.1 Å². The number of nitrogens with one attached hydrogen (secondary N) is 1. The second-order valence-electron chi connectivity index (χ2n) is 7.30. The summed E-state index contributed by atoms with van der Waals surface area (Å²) in [6.07, 6.45) is 0. The molecule has 1 N–H and O–H groups in total. The van der Waals surface area contributed by atoms with Gasteiger partial charge in [-0.1, -0.05) is 30.3 Å².